The molecule has 0 fully saturated rings. The molecule has 204 valence electrons. The van der Waals surface area contributed by atoms with E-state index in [0.29, 0.717) is 24.2 Å². The Labute approximate surface area is 218 Å². The Bertz CT molecular complexity index is 1020. The lowest BCUT2D eigenvalue weighted by molar-refractivity contribution is 0.0233. The zero-order chi connectivity index (χ0) is 27.5. The third-order valence-electron chi connectivity index (χ3n) is 5.75. The molecule has 0 unspecified atom stereocenters. The highest BCUT2D eigenvalue weighted by Crippen LogP contribution is 2.17. The first-order valence-corrected chi connectivity index (χ1v) is 12.7. The molecule has 0 bridgehead atoms. The highest BCUT2D eigenvalue weighted by atomic mass is 19.1. The van der Waals surface area contributed by atoms with E-state index in [-0.39, 0.29) is 31.0 Å². The van der Waals surface area contributed by atoms with Gasteiger partial charge in [-0.3, -0.25) is 4.79 Å². The number of aliphatic hydroxyl groups excluding tert-OH is 1. The molecule has 0 aliphatic heterocycles. The van der Waals surface area contributed by atoms with E-state index < -0.39 is 35.9 Å². The van der Waals surface area contributed by atoms with Crippen molar-refractivity contribution in [3.63, 3.8) is 0 Å². The van der Waals surface area contributed by atoms with E-state index in [4.69, 9.17) is 10.5 Å². The monoisotopic (exact) mass is 519 g/mol. The Hall–Kier alpha value is -2.88. The summed E-state index contributed by atoms with van der Waals surface area (Å²) in [5.41, 5.74) is 7.99. The van der Waals surface area contributed by atoms with Crippen molar-refractivity contribution in [2.45, 2.75) is 65.2 Å². The first-order valence-electron chi connectivity index (χ1n) is 12.7. The van der Waals surface area contributed by atoms with Gasteiger partial charge in [-0.2, -0.15) is 0 Å². The number of rotatable bonds is 14. The standard InChI is InChI=1S/C28H39F2N3O4/c1-5-7-33(8-6-2)27(35)21-9-18(3)10-22(14-21)28(36)37-26(17-32-16-19(4)34)25(31)13-20-11-23(29)15-24(30)12-20/h9-12,14-15,19,25-26,32,34H,5-8,13,16-17,31H2,1-4H3/t19-,25+,26-/m1/s1. The zero-order valence-electron chi connectivity index (χ0n) is 22.1. The fourth-order valence-corrected chi connectivity index (χ4v) is 4.11. The normalized spacial score (nSPS) is 13.6. The van der Waals surface area contributed by atoms with Gasteiger partial charge in [0.25, 0.3) is 5.91 Å². The number of hydrogen-bond acceptors (Lipinski definition) is 6. The maximum absolute atomic E-state index is 13.7. The number of ether oxygens (including phenoxy) is 1. The van der Waals surface area contributed by atoms with E-state index in [1.165, 1.54) is 18.2 Å². The van der Waals surface area contributed by atoms with Crippen molar-refractivity contribution in [1.82, 2.24) is 10.2 Å². The smallest absolute Gasteiger partial charge is 0.338 e. The van der Waals surface area contributed by atoms with Crippen LogP contribution in [0.15, 0.2) is 36.4 Å². The van der Waals surface area contributed by atoms with Gasteiger partial charge in [-0.15, -0.1) is 0 Å². The Balaban J connectivity index is 2.25. The van der Waals surface area contributed by atoms with Crippen molar-refractivity contribution in [3.05, 3.63) is 70.3 Å². The van der Waals surface area contributed by atoms with Crippen molar-refractivity contribution >= 4 is 11.9 Å². The number of nitrogens with two attached hydrogens (primary N) is 1. The number of hydrogen-bond donors (Lipinski definition) is 3. The number of amides is 1. The molecule has 2 aromatic carbocycles. The Morgan fingerprint density at radius 3 is 2.16 bits per heavy atom. The molecular weight excluding hydrogens is 480 g/mol. The average Bonchev–Trinajstić information content (AvgIpc) is 2.81. The van der Waals surface area contributed by atoms with Crippen molar-refractivity contribution < 1.29 is 28.2 Å². The molecule has 9 heteroatoms. The van der Waals surface area contributed by atoms with Crippen LogP contribution in [0.2, 0.25) is 0 Å². The molecule has 2 rings (SSSR count). The summed E-state index contributed by atoms with van der Waals surface area (Å²) in [5, 5.41) is 12.6. The molecule has 0 heterocycles. The van der Waals surface area contributed by atoms with E-state index in [1.807, 2.05) is 13.8 Å². The van der Waals surface area contributed by atoms with Crippen LogP contribution in [-0.4, -0.2) is 66.3 Å². The number of aryl methyl sites for hydroxylation is 1. The second kappa shape index (κ2) is 14.8. The molecule has 0 radical (unpaired) electrons. The minimum absolute atomic E-state index is 0.0591. The molecule has 0 aliphatic carbocycles. The van der Waals surface area contributed by atoms with Crippen LogP contribution in [0, 0.1) is 18.6 Å². The van der Waals surface area contributed by atoms with Gasteiger partial charge in [-0.05, 0) is 74.6 Å². The molecule has 0 aromatic heterocycles. The molecule has 0 spiro atoms. The van der Waals surface area contributed by atoms with Crippen LogP contribution in [0.25, 0.3) is 0 Å². The van der Waals surface area contributed by atoms with Crippen LogP contribution in [0.5, 0.6) is 0 Å². The third-order valence-corrected chi connectivity index (χ3v) is 5.75. The fourth-order valence-electron chi connectivity index (χ4n) is 4.11. The van der Waals surface area contributed by atoms with Crippen molar-refractivity contribution in [2.24, 2.45) is 5.73 Å². The number of carbonyl (C=O) groups excluding carboxylic acids is 2. The van der Waals surface area contributed by atoms with Gasteiger partial charge in [0.2, 0.25) is 0 Å². The number of nitrogens with one attached hydrogen (secondary N) is 1. The van der Waals surface area contributed by atoms with Gasteiger partial charge in [0.05, 0.1) is 11.7 Å². The Kier molecular flexibility index (Phi) is 12.1. The average molecular weight is 520 g/mol. The summed E-state index contributed by atoms with van der Waals surface area (Å²) >= 11 is 0. The van der Waals surface area contributed by atoms with Crippen molar-refractivity contribution in [2.75, 3.05) is 26.2 Å². The van der Waals surface area contributed by atoms with Crippen LogP contribution in [0.4, 0.5) is 8.78 Å². The van der Waals surface area contributed by atoms with E-state index in [1.54, 1.807) is 30.9 Å². The topological polar surface area (TPSA) is 105 Å². The van der Waals surface area contributed by atoms with Crippen LogP contribution >= 0.6 is 0 Å². The minimum Gasteiger partial charge on any atom is -0.456 e. The zero-order valence-corrected chi connectivity index (χ0v) is 22.1. The van der Waals surface area contributed by atoms with E-state index in [9.17, 15) is 23.5 Å². The second-order valence-electron chi connectivity index (χ2n) is 9.48. The Morgan fingerprint density at radius 1 is 1.00 bits per heavy atom. The molecular formula is C28H39F2N3O4. The first-order chi connectivity index (χ1) is 17.5. The first kappa shape index (κ1) is 30.3. The van der Waals surface area contributed by atoms with E-state index in [2.05, 4.69) is 5.32 Å². The van der Waals surface area contributed by atoms with Gasteiger partial charge >= 0.3 is 5.97 Å². The lowest BCUT2D eigenvalue weighted by Gasteiger charge is -2.25. The summed E-state index contributed by atoms with van der Waals surface area (Å²) in [6.07, 6.45) is 0.198. The number of benzene rings is 2. The van der Waals surface area contributed by atoms with Crippen molar-refractivity contribution in [3.8, 4) is 0 Å². The van der Waals surface area contributed by atoms with Gasteiger partial charge in [0, 0.05) is 43.9 Å². The molecule has 2 aromatic rings. The van der Waals surface area contributed by atoms with Gasteiger partial charge in [0.15, 0.2) is 0 Å². The quantitative estimate of drug-likeness (QED) is 0.330. The third kappa shape index (κ3) is 9.83. The molecule has 0 saturated heterocycles. The molecule has 7 nitrogen and oxygen atoms in total. The van der Waals surface area contributed by atoms with Crippen molar-refractivity contribution in [1.29, 1.82) is 0 Å². The number of halogens is 2. The second-order valence-corrected chi connectivity index (χ2v) is 9.48. The highest BCUT2D eigenvalue weighted by molar-refractivity contribution is 5.98. The fraction of sp³-hybridized carbons (Fsp3) is 0.500. The predicted molar refractivity (Wildman–Crippen MR) is 139 cm³/mol. The predicted octanol–water partition coefficient (Wildman–Crippen LogP) is 3.60. The summed E-state index contributed by atoms with van der Waals surface area (Å²) in [5.74, 6) is -2.26. The Morgan fingerprint density at radius 2 is 1.59 bits per heavy atom. The van der Waals surface area contributed by atoms with Crippen LogP contribution in [-0.2, 0) is 11.2 Å². The maximum atomic E-state index is 13.7. The SMILES string of the molecule is CCCN(CCC)C(=O)c1cc(C)cc(C(=O)O[C@H](CNC[C@@H](C)O)[C@@H](N)Cc2cc(F)cc(F)c2)c1. The largest absolute Gasteiger partial charge is 0.456 e. The van der Waals surface area contributed by atoms with E-state index >= 15 is 0 Å². The molecule has 4 N–H and O–H groups in total. The number of carbonyl (C=O) groups is 2. The molecule has 0 aliphatic rings. The molecule has 1 amide bonds. The van der Waals surface area contributed by atoms with E-state index in [0.717, 1.165) is 24.5 Å². The number of nitrogens with zero attached hydrogens (tertiary/aromatic N) is 1. The summed E-state index contributed by atoms with van der Waals surface area (Å²) in [4.78, 5) is 28.0. The van der Waals surface area contributed by atoms with Crippen LogP contribution in [0.3, 0.4) is 0 Å². The van der Waals surface area contributed by atoms with Gasteiger partial charge in [0.1, 0.15) is 17.7 Å². The van der Waals surface area contributed by atoms with Gasteiger partial charge < -0.3 is 25.8 Å². The summed E-state index contributed by atoms with van der Waals surface area (Å²) in [7, 11) is 0. The van der Waals surface area contributed by atoms with Crippen LogP contribution in [0.1, 0.15) is 65.5 Å². The maximum Gasteiger partial charge on any atom is 0.338 e. The summed E-state index contributed by atoms with van der Waals surface area (Å²) < 4.78 is 33.1. The highest BCUT2D eigenvalue weighted by Gasteiger charge is 2.25. The summed E-state index contributed by atoms with van der Waals surface area (Å²) in [6.45, 7) is 9.00. The molecule has 0 saturated carbocycles. The lowest BCUT2D eigenvalue weighted by Crippen LogP contribution is -2.47. The lowest BCUT2D eigenvalue weighted by atomic mass is 10.0. The number of esters is 1. The minimum atomic E-state index is -0.867. The van der Waals surface area contributed by atoms with Gasteiger partial charge in [-0.25, -0.2) is 13.6 Å². The van der Waals surface area contributed by atoms with Crippen LogP contribution < -0.4 is 11.1 Å². The van der Waals surface area contributed by atoms with Gasteiger partial charge in [-0.1, -0.05) is 13.8 Å². The molecule has 37 heavy (non-hydrogen) atoms. The summed E-state index contributed by atoms with van der Waals surface area (Å²) in [6, 6.07) is 7.24. The number of aliphatic hydroxyl groups is 1. The molecule has 3 atom stereocenters.